The van der Waals surface area contributed by atoms with Crippen LogP contribution in [0.3, 0.4) is 0 Å². The Morgan fingerprint density at radius 1 is 1.35 bits per heavy atom. The lowest BCUT2D eigenvalue weighted by Gasteiger charge is -2.09. The lowest BCUT2D eigenvalue weighted by atomic mass is 10.5. The monoisotopic (exact) mass is 297 g/mol. The topological polar surface area (TPSA) is 111 Å². The summed E-state index contributed by atoms with van der Waals surface area (Å²) in [6.45, 7) is 3.76. The number of hydrogen-bond acceptors (Lipinski definition) is 8. The maximum absolute atomic E-state index is 11.3. The third-order valence-electron chi connectivity index (χ3n) is 2.18. The molecule has 0 unspecified atom stereocenters. The van der Waals surface area contributed by atoms with E-state index in [1.165, 1.54) is 4.57 Å². The van der Waals surface area contributed by atoms with Crippen LogP contribution < -0.4 is 15.7 Å². The van der Waals surface area contributed by atoms with Crippen LogP contribution in [0.5, 0.6) is 6.01 Å². The van der Waals surface area contributed by atoms with Gasteiger partial charge in [0.15, 0.2) is 5.16 Å². The van der Waals surface area contributed by atoms with E-state index in [9.17, 15) is 4.79 Å². The lowest BCUT2D eigenvalue weighted by Crippen LogP contribution is -2.13. The van der Waals surface area contributed by atoms with Gasteiger partial charge in [-0.05, 0) is 25.6 Å². The molecule has 2 aromatic rings. The molecule has 0 atom stereocenters. The molecular formula is C10H15N7O2S. The van der Waals surface area contributed by atoms with Crippen LogP contribution in [0.25, 0.3) is 0 Å². The zero-order chi connectivity index (χ0) is 14.7. The molecule has 0 spiro atoms. The Labute approximate surface area is 119 Å². The van der Waals surface area contributed by atoms with Crippen LogP contribution in [0.15, 0.2) is 15.1 Å². The molecule has 2 aromatic heterocycles. The number of ether oxygens (including phenoxy) is 1. The first-order chi connectivity index (χ1) is 9.49. The molecule has 0 aliphatic carbocycles. The van der Waals surface area contributed by atoms with Crippen LogP contribution in [0.2, 0.25) is 0 Å². The summed E-state index contributed by atoms with van der Waals surface area (Å²) < 4.78 is 6.83. The predicted octanol–water partition coefficient (Wildman–Crippen LogP) is 0.273. The summed E-state index contributed by atoms with van der Waals surface area (Å²) in [5, 5.41) is 9.92. The Balaban J connectivity index is 2.30. The number of hydrogen-bond donors (Lipinski definition) is 2. The molecule has 2 N–H and O–H groups in total. The molecule has 0 aromatic carbocycles. The third-order valence-corrected chi connectivity index (χ3v) is 3.09. The first kappa shape index (κ1) is 14.3. The minimum Gasteiger partial charge on any atom is -0.461 e. The van der Waals surface area contributed by atoms with Crippen molar-refractivity contribution in [1.82, 2.24) is 29.7 Å². The normalized spacial score (nSPS) is 10.8. The lowest BCUT2D eigenvalue weighted by molar-refractivity contribution is 0.219. The van der Waals surface area contributed by atoms with E-state index in [2.05, 4.69) is 30.5 Å². The second-order valence-corrected chi connectivity index (χ2v) is 5.05. The predicted molar refractivity (Wildman–Crippen MR) is 73.1 cm³/mol. The van der Waals surface area contributed by atoms with Gasteiger partial charge in [0.1, 0.15) is 0 Å². The summed E-state index contributed by atoms with van der Waals surface area (Å²) in [7, 11) is 3.31. The van der Waals surface area contributed by atoms with Gasteiger partial charge < -0.3 is 10.1 Å². The van der Waals surface area contributed by atoms with Crippen molar-refractivity contribution in [3.8, 4) is 6.01 Å². The molecule has 20 heavy (non-hydrogen) atoms. The highest BCUT2D eigenvalue weighted by molar-refractivity contribution is 7.99. The van der Waals surface area contributed by atoms with Crippen LogP contribution in [-0.2, 0) is 7.05 Å². The molecule has 0 aliphatic rings. The highest BCUT2D eigenvalue weighted by atomic mass is 32.2. The summed E-state index contributed by atoms with van der Waals surface area (Å²) in [5.41, 5.74) is -0.297. The second-order valence-electron chi connectivity index (χ2n) is 4.11. The number of nitrogens with one attached hydrogen (secondary N) is 2. The van der Waals surface area contributed by atoms with Gasteiger partial charge in [0.05, 0.1) is 6.10 Å². The van der Waals surface area contributed by atoms with Crippen LogP contribution in [0.1, 0.15) is 13.8 Å². The van der Waals surface area contributed by atoms with E-state index in [0.717, 1.165) is 11.8 Å². The molecule has 0 saturated heterocycles. The van der Waals surface area contributed by atoms with E-state index in [4.69, 9.17) is 4.74 Å². The van der Waals surface area contributed by atoms with E-state index in [1.807, 2.05) is 13.8 Å². The minimum absolute atomic E-state index is 0.0466. The smallest absolute Gasteiger partial charge is 0.343 e. The Morgan fingerprint density at radius 2 is 2.10 bits per heavy atom. The zero-order valence-corrected chi connectivity index (χ0v) is 12.4. The first-order valence-corrected chi connectivity index (χ1v) is 6.71. The number of rotatable bonds is 5. The second kappa shape index (κ2) is 5.90. The summed E-state index contributed by atoms with van der Waals surface area (Å²) in [6, 6.07) is 0.224. The summed E-state index contributed by atoms with van der Waals surface area (Å²) in [6.07, 6.45) is -0.0466. The Bertz CT molecular complexity index is 651. The average molecular weight is 297 g/mol. The van der Waals surface area contributed by atoms with Crippen LogP contribution >= 0.6 is 11.8 Å². The van der Waals surface area contributed by atoms with Gasteiger partial charge in [-0.15, -0.1) is 5.10 Å². The maximum atomic E-state index is 11.3. The van der Waals surface area contributed by atoms with Crippen molar-refractivity contribution >= 4 is 17.7 Å². The van der Waals surface area contributed by atoms with Crippen molar-refractivity contribution in [2.24, 2.45) is 7.05 Å². The number of aromatic nitrogens is 6. The van der Waals surface area contributed by atoms with Gasteiger partial charge in [0, 0.05) is 14.1 Å². The third kappa shape index (κ3) is 3.26. The van der Waals surface area contributed by atoms with Crippen molar-refractivity contribution in [2.45, 2.75) is 30.3 Å². The van der Waals surface area contributed by atoms with Crippen molar-refractivity contribution in [1.29, 1.82) is 0 Å². The van der Waals surface area contributed by atoms with Crippen LogP contribution in [0, 0.1) is 0 Å². The molecule has 0 aliphatic heterocycles. The van der Waals surface area contributed by atoms with Gasteiger partial charge in [-0.2, -0.15) is 15.0 Å². The highest BCUT2D eigenvalue weighted by Gasteiger charge is 2.13. The van der Waals surface area contributed by atoms with Gasteiger partial charge in [0.2, 0.25) is 11.1 Å². The van der Waals surface area contributed by atoms with E-state index < -0.39 is 0 Å². The standard InChI is InChI=1S/C10H15N7O2S/c1-5(2)19-7-12-6(11-3)13-8(14-7)20-10-16-15-9(18)17(10)4/h5H,1-4H3,(H,15,18)(H,11,12,13,14). The molecule has 0 saturated carbocycles. The molecule has 0 amide bonds. The van der Waals surface area contributed by atoms with Gasteiger partial charge in [0.25, 0.3) is 0 Å². The molecule has 10 heteroatoms. The fourth-order valence-corrected chi connectivity index (χ4v) is 1.99. The SMILES string of the molecule is CNc1nc(OC(C)C)nc(Sc2n[nH]c(=O)n2C)n1. The fourth-order valence-electron chi connectivity index (χ4n) is 1.26. The molecule has 2 heterocycles. The van der Waals surface area contributed by atoms with Crippen LogP contribution in [0.4, 0.5) is 5.95 Å². The van der Waals surface area contributed by atoms with E-state index in [-0.39, 0.29) is 17.8 Å². The molecule has 2 rings (SSSR count). The van der Waals surface area contributed by atoms with Crippen LogP contribution in [-0.4, -0.2) is 42.9 Å². The van der Waals surface area contributed by atoms with Crippen molar-refractivity contribution in [3.63, 3.8) is 0 Å². The Kier molecular flexibility index (Phi) is 4.23. The summed E-state index contributed by atoms with van der Waals surface area (Å²) in [4.78, 5) is 23.8. The Morgan fingerprint density at radius 3 is 2.65 bits per heavy atom. The Hall–Kier alpha value is -2.10. The fraction of sp³-hybridized carbons (Fsp3) is 0.500. The molecular weight excluding hydrogens is 282 g/mol. The van der Waals surface area contributed by atoms with Crippen molar-refractivity contribution < 1.29 is 4.74 Å². The summed E-state index contributed by atoms with van der Waals surface area (Å²) >= 11 is 1.14. The van der Waals surface area contributed by atoms with E-state index >= 15 is 0 Å². The number of nitrogens with zero attached hydrogens (tertiary/aromatic N) is 5. The molecule has 108 valence electrons. The minimum atomic E-state index is -0.297. The highest BCUT2D eigenvalue weighted by Crippen LogP contribution is 2.23. The number of H-pyrrole nitrogens is 1. The quantitative estimate of drug-likeness (QED) is 0.809. The van der Waals surface area contributed by atoms with Gasteiger partial charge in [-0.3, -0.25) is 4.57 Å². The van der Waals surface area contributed by atoms with Crippen molar-refractivity contribution in [2.75, 3.05) is 12.4 Å². The maximum Gasteiger partial charge on any atom is 0.343 e. The first-order valence-electron chi connectivity index (χ1n) is 5.89. The molecule has 0 radical (unpaired) electrons. The van der Waals surface area contributed by atoms with Crippen molar-refractivity contribution in [3.05, 3.63) is 10.5 Å². The van der Waals surface area contributed by atoms with Gasteiger partial charge in [-0.1, -0.05) is 0 Å². The van der Waals surface area contributed by atoms with E-state index in [1.54, 1.807) is 14.1 Å². The largest absolute Gasteiger partial charge is 0.461 e. The van der Waals surface area contributed by atoms with Gasteiger partial charge in [-0.25, -0.2) is 9.89 Å². The van der Waals surface area contributed by atoms with E-state index in [0.29, 0.717) is 16.3 Å². The number of aromatic amines is 1. The molecule has 0 bridgehead atoms. The molecule has 0 fully saturated rings. The molecule has 9 nitrogen and oxygen atoms in total. The van der Waals surface area contributed by atoms with Gasteiger partial charge >= 0.3 is 11.7 Å². The number of anilines is 1. The zero-order valence-electron chi connectivity index (χ0n) is 11.5. The summed E-state index contributed by atoms with van der Waals surface area (Å²) in [5.74, 6) is 0.388. The average Bonchev–Trinajstić information content (AvgIpc) is 2.69.